The average Bonchev–Trinajstić information content (AvgIpc) is 2.74. The molecule has 0 radical (unpaired) electrons. The van der Waals surface area contributed by atoms with Gasteiger partial charge in [-0.2, -0.15) is 0 Å². The molecule has 0 aliphatic carbocycles. The highest BCUT2D eigenvalue weighted by atomic mass is 32.2. The molecule has 0 saturated carbocycles. The van der Waals surface area contributed by atoms with Gasteiger partial charge in [-0.25, -0.2) is 4.90 Å². The molecule has 122 valence electrons. The quantitative estimate of drug-likeness (QED) is 0.360. The van der Waals surface area contributed by atoms with E-state index in [1.54, 1.807) is 24.3 Å². The number of nitrogens with two attached hydrogens (primary N) is 3. The number of hydrogen-bond acceptors (Lipinski definition) is 4. The molecule has 1 aliphatic rings. The van der Waals surface area contributed by atoms with Crippen LogP contribution in [0.25, 0.3) is 0 Å². The minimum Gasteiger partial charge on any atom is -0.494 e. The Balaban J connectivity index is 2.12. The Kier molecular flexibility index (Phi) is 5.22. The maximum Gasteiger partial charge on any atom is 0.355 e. The number of imide groups is 1. The van der Waals surface area contributed by atoms with E-state index in [0.29, 0.717) is 18.0 Å². The van der Waals surface area contributed by atoms with Crippen LogP contribution in [-0.4, -0.2) is 34.8 Å². The Hall–Kier alpha value is -2.55. The number of anilines is 1. The van der Waals surface area contributed by atoms with E-state index in [1.165, 1.54) is 0 Å². The SMILES string of the molecule is CCOc1ccc(N2C(=O)C[C@H](SC(=[NH2+])N=C(N)N)C2=O)cc1. The Labute approximate surface area is 137 Å². The van der Waals surface area contributed by atoms with Crippen molar-refractivity contribution in [2.24, 2.45) is 16.5 Å². The normalized spacial score (nSPS) is 17.3. The number of benzene rings is 1. The molecule has 9 heteroatoms. The van der Waals surface area contributed by atoms with E-state index in [-0.39, 0.29) is 29.4 Å². The van der Waals surface area contributed by atoms with Crippen LogP contribution in [0.4, 0.5) is 5.69 Å². The highest BCUT2D eigenvalue weighted by molar-refractivity contribution is 8.14. The van der Waals surface area contributed by atoms with Crippen LogP contribution in [0.15, 0.2) is 29.3 Å². The summed E-state index contributed by atoms with van der Waals surface area (Å²) in [4.78, 5) is 29.4. The predicted molar refractivity (Wildman–Crippen MR) is 88.8 cm³/mol. The van der Waals surface area contributed by atoms with Crippen molar-refractivity contribution < 1.29 is 19.7 Å². The van der Waals surface area contributed by atoms with Crippen molar-refractivity contribution >= 4 is 40.4 Å². The Morgan fingerprint density at radius 3 is 2.61 bits per heavy atom. The van der Waals surface area contributed by atoms with E-state index >= 15 is 0 Å². The van der Waals surface area contributed by atoms with Gasteiger partial charge < -0.3 is 16.2 Å². The third-order valence-corrected chi connectivity index (χ3v) is 4.00. The second kappa shape index (κ2) is 7.14. The number of rotatable bonds is 4. The number of carbonyl (C=O) groups excluding carboxylic acids is 2. The molecule has 23 heavy (non-hydrogen) atoms. The second-order valence-electron chi connectivity index (χ2n) is 4.68. The van der Waals surface area contributed by atoms with Gasteiger partial charge in [0.2, 0.25) is 11.8 Å². The van der Waals surface area contributed by atoms with Crippen LogP contribution >= 0.6 is 11.8 Å². The predicted octanol–water partition coefficient (Wildman–Crippen LogP) is -1.16. The molecule has 0 unspecified atom stereocenters. The summed E-state index contributed by atoms with van der Waals surface area (Å²) in [6.45, 7) is 2.42. The van der Waals surface area contributed by atoms with Gasteiger partial charge in [0.05, 0.1) is 12.3 Å². The first-order chi connectivity index (χ1) is 10.9. The number of guanidine groups is 1. The zero-order valence-corrected chi connectivity index (χ0v) is 13.4. The van der Waals surface area contributed by atoms with Crippen LogP contribution < -0.4 is 26.5 Å². The molecule has 1 aromatic rings. The Morgan fingerprint density at radius 2 is 2.04 bits per heavy atom. The molecule has 1 fully saturated rings. The lowest BCUT2D eigenvalue weighted by Crippen LogP contribution is -2.40. The number of ether oxygens (including phenoxy) is 1. The van der Waals surface area contributed by atoms with Crippen molar-refractivity contribution in [3.05, 3.63) is 24.3 Å². The van der Waals surface area contributed by atoms with Crippen LogP contribution in [0.2, 0.25) is 0 Å². The van der Waals surface area contributed by atoms with Crippen molar-refractivity contribution in [1.29, 1.82) is 0 Å². The van der Waals surface area contributed by atoms with Crippen molar-refractivity contribution in [3.63, 3.8) is 0 Å². The first-order valence-corrected chi connectivity index (χ1v) is 7.78. The lowest BCUT2D eigenvalue weighted by atomic mass is 10.3. The molecular weight excluding hydrogens is 318 g/mol. The molecule has 2 rings (SSSR count). The van der Waals surface area contributed by atoms with Gasteiger partial charge in [0.25, 0.3) is 0 Å². The van der Waals surface area contributed by atoms with Gasteiger partial charge in [-0.3, -0.25) is 15.0 Å². The molecule has 1 atom stereocenters. The molecule has 8 nitrogen and oxygen atoms in total. The van der Waals surface area contributed by atoms with Crippen LogP contribution in [0.1, 0.15) is 13.3 Å². The molecule has 0 aromatic heterocycles. The topological polar surface area (TPSA) is 137 Å². The Morgan fingerprint density at radius 1 is 1.39 bits per heavy atom. The van der Waals surface area contributed by atoms with Crippen LogP contribution in [0.5, 0.6) is 5.75 Å². The largest absolute Gasteiger partial charge is 0.494 e. The molecule has 6 N–H and O–H groups in total. The molecule has 1 aromatic carbocycles. The summed E-state index contributed by atoms with van der Waals surface area (Å²) in [6, 6.07) is 6.74. The van der Waals surface area contributed by atoms with Gasteiger partial charge in [0.15, 0.2) is 0 Å². The number of hydrogen-bond donors (Lipinski definition) is 3. The number of amides is 2. The van der Waals surface area contributed by atoms with Crippen LogP contribution in [0.3, 0.4) is 0 Å². The van der Waals surface area contributed by atoms with E-state index in [1.807, 2.05) is 6.92 Å². The average molecular weight is 336 g/mol. The molecule has 0 spiro atoms. The lowest BCUT2D eigenvalue weighted by molar-refractivity contribution is -0.121. The van der Waals surface area contributed by atoms with Crippen molar-refractivity contribution in [3.8, 4) is 5.75 Å². The van der Waals surface area contributed by atoms with Gasteiger partial charge >= 0.3 is 11.1 Å². The zero-order chi connectivity index (χ0) is 17.0. The van der Waals surface area contributed by atoms with Gasteiger partial charge in [-0.15, -0.1) is 0 Å². The molecule has 1 aliphatic heterocycles. The Bertz CT molecular complexity index is 655. The van der Waals surface area contributed by atoms with E-state index in [2.05, 4.69) is 4.99 Å². The number of amidine groups is 1. The van der Waals surface area contributed by atoms with Gasteiger partial charge in [0, 0.05) is 11.4 Å². The smallest absolute Gasteiger partial charge is 0.355 e. The van der Waals surface area contributed by atoms with Gasteiger partial charge in [-0.1, -0.05) is 0 Å². The number of thioether (sulfide) groups is 1. The van der Waals surface area contributed by atoms with E-state index < -0.39 is 5.25 Å². The summed E-state index contributed by atoms with van der Waals surface area (Å²) >= 11 is 0.967. The summed E-state index contributed by atoms with van der Waals surface area (Å²) in [5, 5.41) is 5.04. The first kappa shape index (κ1) is 16.8. The minimum absolute atomic E-state index is 0.0391. The second-order valence-corrected chi connectivity index (χ2v) is 5.90. The van der Waals surface area contributed by atoms with E-state index in [9.17, 15) is 9.59 Å². The third kappa shape index (κ3) is 4.01. The number of aliphatic imine (C=N–C) groups is 1. The summed E-state index contributed by atoms with van der Waals surface area (Å²) < 4.78 is 5.34. The van der Waals surface area contributed by atoms with Crippen LogP contribution in [0, 0.1) is 0 Å². The highest BCUT2D eigenvalue weighted by Crippen LogP contribution is 2.30. The first-order valence-electron chi connectivity index (χ1n) is 6.90. The summed E-state index contributed by atoms with van der Waals surface area (Å²) in [5.41, 5.74) is 10.9. The third-order valence-electron chi connectivity index (χ3n) is 3.01. The summed E-state index contributed by atoms with van der Waals surface area (Å²) in [6.07, 6.45) is 0.0391. The molecule has 1 saturated heterocycles. The summed E-state index contributed by atoms with van der Waals surface area (Å²) in [5.74, 6) is -0.172. The van der Waals surface area contributed by atoms with Crippen LogP contribution in [-0.2, 0) is 9.59 Å². The lowest BCUT2D eigenvalue weighted by Gasteiger charge is -2.15. The monoisotopic (exact) mass is 336 g/mol. The van der Waals surface area contributed by atoms with E-state index in [4.69, 9.17) is 21.6 Å². The van der Waals surface area contributed by atoms with Crippen molar-refractivity contribution in [2.45, 2.75) is 18.6 Å². The van der Waals surface area contributed by atoms with Gasteiger partial charge in [-0.05, 0) is 43.0 Å². The zero-order valence-electron chi connectivity index (χ0n) is 12.6. The number of carbonyl (C=O) groups is 2. The molecule has 1 heterocycles. The minimum atomic E-state index is -0.642. The van der Waals surface area contributed by atoms with Crippen molar-refractivity contribution in [1.82, 2.24) is 0 Å². The molecular formula is C14H18N5O3S+. The van der Waals surface area contributed by atoms with Gasteiger partial charge in [0.1, 0.15) is 11.0 Å². The fraction of sp³-hybridized carbons (Fsp3) is 0.286. The fourth-order valence-electron chi connectivity index (χ4n) is 2.12. The molecule has 2 amide bonds. The van der Waals surface area contributed by atoms with E-state index in [0.717, 1.165) is 16.7 Å². The summed E-state index contributed by atoms with van der Waals surface area (Å²) in [7, 11) is 0. The maximum absolute atomic E-state index is 12.4. The fourth-order valence-corrected chi connectivity index (χ4v) is 3.01. The maximum atomic E-state index is 12.4. The highest BCUT2D eigenvalue weighted by Gasteiger charge is 2.41. The number of nitrogens with zero attached hydrogens (tertiary/aromatic N) is 2. The molecule has 0 bridgehead atoms. The van der Waals surface area contributed by atoms with Crippen molar-refractivity contribution in [2.75, 3.05) is 11.5 Å². The standard InChI is InChI=1S/C14H17N5O3S/c1-2-22-9-5-3-8(4-6-9)19-11(20)7-10(12(19)21)23-14(17)18-13(15)16/h3-6,10H,2,7H2,1H3,(H5,15,16,17,18)/p+1/t10-/m0/s1.